The second-order valence-electron chi connectivity index (χ2n) is 2.74. The lowest BCUT2D eigenvalue weighted by atomic mass is 10.1. The largest absolute Gasteiger partial charge is 0.465 e. The molecule has 1 atom stereocenters. The van der Waals surface area contributed by atoms with E-state index in [2.05, 4.69) is 5.32 Å². The van der Waals surface area contributed by atoms with Crippen molar-refractivity contribution in [1.29, 1.82) is 0 Å². The molecule has 4 heteroatoms. The summed E-state index contributed by atoms with van der Waals surface area (Å²) in [6, 6.07) is 0. The van der Waals surface area contributed by atoms with Crippen LogP contribution in [0.4, 0.5) is 0 Å². The fourth-order valence-electron chi connectivity index (χ4n) is 0.812. The van der Waals surface area contributed by atoms with E-state index in [0.29, 0.717) is 13.2 Å². The maximum absolute atomic E-state index is 11.3. The standard InChI is InChI=1S/C8H17NO3/c1-5-12-7(10)8(2,9-3)6-11-4/h9H,5-6H2,1-4H3. The summed E-state index contributed by atoms with van der Waals surface area (Å²) in [5.41, 5.74) is -0.731. The molecule has 0 fully saturated rings. The molecule has 72 valence electrons. The lowest BCUT2D eigenvalue weighted by Crippen LogP contribution is -2.52. The first-order valence-electron chi connectivity index (χ1n) is 3.95. The Morgan fingerprint density at radius 1 is 1.58 bits per heavy atom. The quantitative estimate of drug-likeness (QED) is 0.605. The molecule has 12 heavy (non-hydrogen) atoms. The van der Waals surface area contributed by atoms with Crippen LogP contribution in [-0.2, 0) is 14.3 Å². The fourth-order valence-corrected chi connectivity index (χ4v) is 0.812. The molecule has 0 aliphatic heterocycles. The lowest BCUT2D eigenvalue weighted by Gasteiger charge is -2.25. The van der Waals surface area contributed by atoms with Gasteiger partial charge in [-0.25, -0.2) is 4.79 Å². The fraction of sp³-hybridized carbons (Fsp3) is 0.875. The Morgan fingerprint density at radius 3 is 2.50 bits per heavy atom. The number of methoxy groups -OCH3 is 1. The summed E-state index contributed by atoms with van der Waals surface area (Å²) >= 11 is 0. The van der Waals surface area contributed by atoms with Gasteiger partial charge >= 0.3 is 5.97 Å². The summed E-state index contributed by atoms with van der Waals surface area (Å²) in [6.45, 7) is 4.22. The molecule has 0 radical (unpaired) electrons. The molecular weight excluding hydrogens is 158 g/mol. The van der Waals surface area contributed by atoms with Crippen LogP contribution in [0.5, 0.6) is 0 Å². The third-order valence-corrected chi connectivity index (χ3v) is 1.71. The second-order valence-corrected chi connectivity index (χ2v) is 2.74. The number of nitrogens with one attached hydrogen (secondary N) is 1. The van der Waals surface area contributed by atoms with Gasteiger partial charge in [0.1, 0.15) is 5.54 Å². The molecular formula is C8H17NO3. The van der Waals surface area contributed by atoms with Gasteiger partial charge in [0, 0.05) is 7.11 Å². The van der Waals surface area contributed by atoms with Crippen molar-refractivity contribution in [3.05, 3.63) is 0 Å². The lowest BCUT2D eigenvalue weighted by molar-refractivity contribution is -0.152. The van der Waals surface area contributed by atoms with Crippen LogP contribution in [-0.4, -0.2) is 38.9 Å². The Labute approximate surface area is 73.2 Å². The van der Waals surface area contributed by atoms with Gasteiger partial charge in [0.15, 0.2) is 0 Å². The van der Waals surface area contributed by atoms with E-state index < -0.39 is 5.54 Å². The van der Waals surface area contributed by atoms with Crippen molar-refractivity contribution < 1.29 is 14.3 Å². The molecule has 0 bridgehead atoms. The molecule has 4 nitrogen and oxygen atoms in total. The number of carbonyl (C=O) groups excluding carboxylic acids is 1. The van der Waals surface area contributed by atoms with Crippen LogP contribution in [0.3, 0.4) is 0 Å². The predicted octanol–water partition coefficient (Wildman–Crippen LogP) is 0.174. The van der Waals surface area contributed by atoms with Crippen molar-refractivity contribution in [3.63, 3.8) is 0 Å². The second kappa shape index (κ2) is 5.11. The van der Waals surface area contributed by atoms with E-state index in [1.165, 1.54) is 0 Å². The topological polar surface area (TPSA) is 47.6 Å². The van der Waals surface area contributed by atoms with Crippen molar-refractivity contribution in [2.75, 3.05) is 27.4 Å². The zero-order valence-electron chi connectivity index (χ0n) is 8.14. The Hall–Kier alpha value is -0.610. The minimum Gasteiger partial charge on any atom is -0.465 e. The van der Waals surface area contributed by atoms with Gasteiger partial charge in [-0.15, -0.1) is 0 Å². The monoisotopic (exact) mass is 175 g/mol. The molecule has 1 unspecified atom stereocenters. The van der Waals surface area contributed by atoms with E-state index in [4.69, 9.17) is 9.47 Å². The SMILES string of the molecule is CCOC(=O)C(C)(COC)NC. The van der Waals surface area contributed by atoms with Crippen LogP contribution in [0.25, 0.3) is 0 Å². The van der Waals surface area contributed by atoms with Crippen LogP contribution >= 0.6 is 0 Å². The Morgan fingerprint density at radius 2 is 2.17 bits per heavy atom. The van der Waals surface area contributed by atoms with Gasteiger partial charge in [-0.2, -0.15) is 0 Å². The van der Waals surface area contributed by atoms with Gasteiger partial charge in [0.05, 0.1) is 13.2 Å². The Kier molecular flexibility index (Phi) is 4.85. The van der Waals surface area contributed by atoms with Crippen molar-refractivity contribution in [2.45, 2.75) is 19.4 Å². The number of hydrogen-bond acceptors (Lipinski definition) is 4. The average Bonchev–Trinajstić information content (AvgIpc) is 2.05. The van der Waals surface area contributed by atoms with Crippen LogP contribution in [0, 0.1) is 0 Å². The maximum Gasteiger partial charge on any atom is 0.328 e. The van der Waals surface area contributed by atoms with Crippen molar-refractivity contribution >= 4 is 5.97 Å². The summed E-state index contributed by atoms with van der Waals surface area (Å²) in [5, 5.41) is 2.86. The van der Waals surface area contributed by atoms with Crippen LogP contribution < -0.4 is 5.32 Å². The third-order valence-electron chi connectivity index (χ3n) is 1.71. The molecule has 0 aliphatic carbocycles. The van der Waals surface area contributed by atoms with E-state index in [0.717, 1.165) is 0 Å². The molecule has 0 aliphatic rings. The summed E-state index contributed by atoms with van der Waals surface area (Å²) in [5.74, 6) is -0.283. The minimum atomic E-state index is -0.731. The number of hydrogen-bond donors (Lipinski definition) is 1. The van der Waals surface area contributed by atoms with E-state index in [9.17, 15) is 4.79 Å². The minimum absolute atomic E-state index is 0.283. The molecule has 0 aromatic carbocycles. The van der Waals surface area contributed by atoms with Gasteiger partial charge in [-0.3, -0.25) is 0 Å². The number of likely N-dealkylation sites (N-methyl/N-ethyl adjacent to an activating group) is 1. The number of rotatable bonds is 5. The Bertz CT molecular complexity index is 149. The van der Waals surface area contributed by atoms with Gasteiger partial charge in [0.25, 0.3) is 0 Å². The van der Waals surface area contributed by atoms with Gasteiger partial charge in [-0.05, 0) is 20.9 Å². The first-order valence-corrected chi connectivity index (χ1v) is 3.95. The van der Waals surface area contributed by atoms with Crippen LogP contribution in [0.15, 0.2) is 0 Å². The van der Waals surface area contributed by atoms with Crippen LogP contribution in [0.2, 0.25) is 0 Å². The maximum atomic E-state index is 11.3. The highest BCUT2D eigenvalue weighted by Gasteiger charge is 2.32. The van der Waals surface area contributed by atoms with Gasteiger partial charge < -0.3 is 14.8 Å². The summed E-state index contributed by atoms with van der Waals surface area (Å²) < 4.78 is 9.77. The number of esters is 1. The molecule has 0 rings (SSSR count). The normalized spacial score (nSPS) is 15.3. The first-order chi connectivity index (χ1) is 5.60. The van der Waals surface area contributed by atoms with E-state index in [1.54, 1.807) is 28.0 Å². The zero-order chi connectivity index (χ0) is 9.61. The highest BCUT2D eigenvalue weighted by atomic mass is 16.5. The molecule has 0 heterocycles. The van der Waals surface area contributed by atoms with E-state index in [-0.39, 0.29) is 5.97 Å². The van der Waals surface area contributed by atoms with Gasteiger partial charge in [-0.1, -0.05) is 0 Å². The molecule has 0 aromatic heterocycles. The van der Waals surface area contributed by atoms with Crippen LogP contribution in [0.1, 0.15) is 13.8 Å². The average molecular weight is 175 g/mol. The highest BCUT2D eigenvalue weighted by molar-refractivity contribution is 5.80. The number of carbonyl (C=O) groups is 1. The van der Waals surface area contributed by atoms with Crippen molar-refractivity contribution in [3.8, 4) is 0 Å². The highest BCUT2D eigenvalue weighted by Crippen LogP contribution is 2.05. The third kappa shape index (κ3) is 2.79. The van der Waals surface area contributed by atoms with Gasteiger partial charge in [0.2, 0.25) is 0 Å². The molecule has 0 saturated heterocycles. The first kappa shape index (κ1) is 11.4. The molecule has 0 saturated carbocycles. The molecule has 0 spiro atoms. The summed E-state index contributed by atoms with van der Waals surface area (Å²) in [7, 11) is 3.25. The predicted molar refractivity (Wildman–Crippen MR) is 46.0 cm³/mol. The molecule has 0 aromatic rings. The summed E-state index contributed by atoms with van der Waals surface area (Å²) in [6.07, 6.45) is 0. The van der Waals surface area contributed by atoms with E-state index in [1.807, 2.05) is 0 Å². The molecule has 0 amide bonds. The van der Waals surface area contributed by atoms with Crippen molar-refractivity contribution in [2.24, 2.45) is 0 Å². The number of ether oxygens (including phenoxy) is 2. The zero-order valence-corrected chi connectivity index (χ0v) is 8.14. The van der Waals surface area contributed by atoms with Crippen molar-refractivity contribution in [1.82, 2.24) is 5.32 Å². The smallest absolute Gasteiger partial charge is 0.328 e. The molecule has 1 N–H and O–H groups in total. The Balaban J connectivity index is 4.18. The van der Waals surface area contributed by atoms with E-state index >= 15 is 0 Å². The summed E-state index contributed by atoms with van der Waals surface area (Å²) in [4.78, 5) is 11.3.